The molecule has 0 aromatic heterocycles. The van der Waals surface area contributed by atoms with Gasteiger partial charge >= 0.3 is 5.97 Å². The molecular formula is C14H24N2O4. The standard InChI is InChI=1S/C14H24N2O4/c1-2-11(14(19)20)16-13(18)9-15-12(17)8-10-6-4-3-5-7-10/h10-11H,2-9H2,1H3,(H,15,17)(H,16,18)(H,19,20). The summed E-state index contributed by atoms with van der Waals surface area (Å²) in [6.45, 7) is 1.52. The van der Waals surface area contributed by atoms with Crippen molar-refractivity contribution >= 4 is 17.8 Å². The van der Waals surface area contributed by atoms with Crippen molar-refractivity contribution in [3.8, 4) is 0 Å². The van der Waals surface area contributed by atoms with Crippen LogP contribution in [-0.4, -0.2) is 35.5 Å². The zero-order valence-electron chi connectivity index (χ0n) is 12.0. The average molecular weight is 284 g/mol. The van der Waals surface area contributed by atoms with Gasteiger partial charge in [0.05, 0.1) is 6.54 Å². The number of hydrogen-bond donors (Lipinski definition) is 3. The third kappa shape index (κ3) is 6.04. The number of amides is 2. The number of carboxylic acid groups (broad SMARTS) is 1. The van der Waals surface area contributed by atoms with E-state index in [9.17, 15) is 14.4 Å². The van der Waals surface area contributed by atoms with Gasteiger partial charge in [-0.3, -0.25) is 9.59 Å². The normalized spacial score (nSPS) is 17.2. The van der Waals surface area contributed by atoms with Crippen LogP contribution >= 0.6 is 0 Å². The zero-order chi connectivity index (χ0) is 15.0. The quantitative estimate of drug-likeness (QED) is 0.651. The predicted molar refractivity (Wildman–Crippen MR) is 74.1 cm³/mol. The first-order valence-corrected chi connectivity index (χ1v) is 7.31. The maximum Gasteiger partial charge on any atom is 0.326 e. The molecule has 0 aliphatic heterocycles. The number of aliphatic carboxylic acids is 1. The lowest BCUT2D eigenvalue weighted by atomic mass is 9.87. The number of carbonyl (C=O) groups is 3. The van der Waals surface area contributed by atoms with Gasteiger partial charge in [0.1, 0.15) is 6.04 Å². The molecule has 1 atom stereocenters. The van der Waals surface area contributed by atoms with E-state index >= 15 is 0 Å². The van der Waals surface area contributed by atoms with Gasteiger partial charge in [0, 0.05) is 6.42 Å². The summed E-state index contributed by atoms with van der Waals surface area (Å²) in [5.74, 6) is -1.23. The molecule has 3 N–H and O–H groups in total. The lowest BCUT2D eigenvalue weighted by molar-refractivity contribution is -0.141. The van der Waals surface area contributed by atoms with Crippen molar-refractivity contribution in [2.45, 2.75) is 57.9 Å². The third-order valence-electron chi connectivity index (χ3n) is 3.69. The van der Waals surface area contributed by atoms with Crippen LogP contribution in [0.2, 0.25) is 0 Å². The first-order valence-electron chi connectivity index (χ1n) is 7.31. The molecule has 20 heavy (non-hydrogen) atoms. The Kier molecular flexibility index (Phi) is 7.04. The van der Waals surface area contributed by atoms with Crippen LogP contribution in [0.1, 0.15) is 51.9 Å². The topological polar surface area (TPSA) is 95.5 Å². The van der Waals surface area contributed by atoms with Gasteiger partial charge in [0.2, 0.25) is 11.8 Å². The van der Waals surface area contributed by atoms with Crippen LogP contribution in [0, 0.1) is 5.92 Å². The zero-order valence-corrected chi connectivity index (χ0v) is 12.0. The van der Waals surface area contributed by atoms with Crippen LogP contribution in [0.3, 0.4) is 0 Å². The first-order chi connectivity index (χ1) is 9.52. The van der Waals surface area contributed by atoms with Gasteiger partial charge in [0.25, 0.3) is 0 Å². The second-order valence-corrected chi connectivity index (χ2v) is 5.35. The van der Waals surface area contributed by atoms with E-state index in [4.69, 9.17) is 5.11 Å². The van der Waals surface area contributed by atoms with Gasteiger partial charge in [-0.25, -0.2) is 4.79 Å². The third-order valence-corrected chi connectivity index (χ3v) is 3.69. The second kappa shape index (κ2) is 8.55. The SMILES string of the molecule is CCC(NC(=O)CNC(=O)CC1CCCCC1)C(=O)O. The van der Waals surface area contributed by atoms with Gasteiger partial charge in [-0.05, 0) is 25.2 Å². The highest BCUT2D eigenvalue weighted by Gasteiger charge is 2.19. The van der Waals surface area contributed by atoms with Gasteiger partial charge in [-0.2, -0.15) is 0 Å². The van der Waals surface area contributed by atoms with Crippen molar-refractivity contribution in [2.24, 2.45) is 5.92 Å². The molecule has 0 radical (unpaired) electrons. The number of carboxylic acids is 1. The van der Waals surface area contributed by atoms with Crippen molar-refractivity contribution in [2.75, 3.05) is 6.54 Å². The molecule has 0 aromatic carbocycles. The van der Waals surface area contributed by atoms with Crippen LogP contribution in [0.15, 0.2) is 0 Å². The Labute approximate surface area is 119 Å². The lowest BCUT2D eigenvalue weighted by Gasteiger charge is -2.20. The Hall–Kier alpha value is -1.59. The summed E-state index contributed by atoms with van der Waals surface area (Å²) >= 11 is 0. The summed E-state index contributed by atoms with van der Waals surface area (Å²) in [6, 6.07) is -0.891. The summed E-state index contributed by atoms with van der Waals surface area (Å²) in [5.41, 5.74) is 0. The minimum Gasteiger partial charge on any atom is -0.480 e. The Morgan fingerprint density at radius 2 is 1.80 bits per heavy atom. The molecule has 1 saturated carbocycles. The monoisotopic (exact) mass is 284 g/mol. The van der Waals surface area contributed by atoms with Crippen molar-refractivity contribution < 1.29 is 19.5 Å². The maximum absolute atomic E-state index is 11.7. The number of carbonyl (C=O) groups excluding carboxylic acids is 2. The lowest BCUT2D eigenvalue weighted by Crippen LogP contribution is -2.45. The molecule has 0 aromatic rings. The van der Waals surface area contributed by atoms with E-state index in [0.717, 1.165) is 12.8 Å². The Bertz CT molecular complexity index is 351. The molecular weight excluding hydrogens is 260 g/mol. The highest BCUT2D eigenvalue weighted by atomic mass is 16.4. The maximum atomic E-state index is 11.7. The van der Waals surface area contributed by atoms with Crippen LogP contribution < -0.4 is 10.6 Å². The van der Waals surface area contributed by atoms with Crippen molar-refractivity contribution in [3.63, 3.8) is 0 Å². The smallest absolute Gasteiger partial charge is 0.326 e. The number of hydrogen-bond acceptors (Lipinski definition) is 3. The van der Waals surface area contributed by atoms with Crippen molar-refractivity contribution in [1.29, 1.82) is 0 Å². The molecule has 2 amide bonds. The first kappa shape index (κ1) is 16.5. The summed E-state index contributed by atoms with van der Waals surface area (Å²) in [7, 11) is 0. The van der Waals surface area contributed by atoms with E-state index in [1.165, 1.54) is 19.3 Å². The van der Waals surface area contributed by atoms with Gasteiger partial charge in [-0.1, -0.05) is 26.2 Å². The van der Waals surface area contributed by atoms with Crippen LogP contribution in [0.5, 0.6) is 0 Å². The van der Waals surface area contributed by atoms with Crippen LogP contribution in [0.4, 0.5) is 0 Å². The molecule has 0 heterocycles. The van der Waals surface area contributed by atoms with E-state index in [1.54, 1.807) is 6.92 Å². The van der Waals surface area contributed by atoms with Crippen molar-refractivity contribution in [1.82, 2.24) is 10.6 Å². The fourth-order valence-electron chi connectivity index (χ4n) is 2.49. The average Bonchev–Trinajstić information content (AvgIpc) is 2.43. The molecule has 6 nitrogen and oxygen atoms in total. The molecule has 1 fully saturated rings. The molecule has 1 aliphatic rings. The minimum absolute atomic E-state index is 0.129. The molecule has 0 spiro atoms. The molecule has 6 heteroatoms. The highest BCUT2D eigenvalue weighted by molar-refractivity contribution is 5.87. The predicted octanol–water partition coefficient (Wildman–Crippen LogP) is 1.05. The second-order valence-electron chi connectivity index (χ2n) is 5.35. The number of nitrogens with one attached hydrogen (secondary N) is 2. The molecule has 0 saturated heterocycles. The Morgan fingerprint density at radius 3 is 2.35 bits per heavy atom. The van der Waals surface area contributed by atoms with E-state index in [-0.39, 0.29) is 12.5 Å². The molecule has 1 aliphatic carbocycles. The largest absolute Gasteiger partial charge is 0.480 e. The Balaban J connectivity index is 2.22. The fraction of sp³-hybridized carbons (Fsp3) is 0.786. The highest BCUT2D eigenvalue weighted by Crippen LogP contribution is 2.25. The van der Waals surface area contributed by atoms with Crippen LogP contribution in [0.25, 0.3) is 0 Å². The van der Waals surface area contributed by atoms with Crippen molar-refractivity contribution in [3.05, 3.63) is 0 Å². The van der Waals surface area contributed by atoms with E-state index in [2.05, 4.69) is 10.6 Å². The fourth-order valence-corrected chi connectivity index (χ4v) is 2.49. The Morgan fingerprint density at radius 1 is 1.15 bits per heavy atom. The summed E-state index contributed by atoms with van der Waals surface area (Å²) in [5, 5.41) is 13.7. The molecule has 114 valence electrons. The van der Waals surface area contributed by atoms with Gasteiger partial charge < -0.3 is 15.7 Å². The summed E-state index contributed by atoms with van der Waals surface area (Å²) in [6.07, 6.45) is 6.53. The summed E-state index contributed by atoms with van der Waals surface area (Å²) < 4.78 is 0. The van der Waals surface area contributed by atoms with Gasteiger partial charge in [-0.15, -0.1) is 0 Å². The molecule has 1 rings (SSSR count). The molecule has 1 unspecified atom stereocenters. The van der Waals surface area contributed by atoms with E-state index < -0.39 is 17.9 Å². The minimum atomic E-state index is -1.06. The van der Waals surface area contributed by atoms with Crippen LogP contribution in [-0.2, 0) is 14.4 Å². The summed E-state index contributed by atoms with van der Waals surface area (Å²) in [4.78, 5) is 34.0. The van der Waals surface area contributed by atoms with E-state index in [1.807, 2.05) is 0 Å². The molecule has 0 bridgehead atoms. The van der Waals surface area contributed by atoms with Gasteiger partial charge in [0.15, 0.2) is 0 Å². The number of rotatable bonds is 7. The van der Waals surface area contributed by atoms with E-state index in [0.29, 0.717) is 18.8 Å².